The number of imide groups is 1. The van der Waals surface area contributed by atoms with Gasteiger partial charge in [-0.25, -0.2) is 19.2 Å². The molecule has 2 amide bonds. The molecule has 11 nitrogen and oxygen atoms in total. The molecule has 0 aliphatic carbocycles. The van der Waals surface area contributed by atoms with Crippen LogP contribution in [0.1, 0.15) is 60.2 Å². The highest BCUT2D eigenvalue weighted by molar-refractivity contribution is 5.94. The van der Waals surface area contributed by atoms with Crippen molar-refractivity contribution in [2.24, 2.45) is 0 Å². The molecule has 0 radical (unpaired) electrons. The maximum Gasteiger partial charge on any atom is 0.441 e. The number of amides is 2. The molecule has 0 saturated heterocycles. The number of allylic oxidation sites excluding steroid dienone is 2. The molecule has 1 aromatic heterocycles. The molecule has 32 heavy (non-hydrogen) atoms. The highest BCUT2D eigenvalue weighted by Crippen LogP contribution is 2.20. The summed E-state index contributed by atoms with van der Waals surface area (Å²) in [6.45, 7) is 11.7. The van der Waals surface area contributed by atoms with E-state index in [1.807, 2.05) is 0 Å². The Morgan fingerprint density at radius 3 is 2.00 bits per heavy atom. The van der Waals surface area contributed by atoms with Crippen molar-refractivity contribution in [3.8, 4) is 0 Å². The highest BCUT2D eigenvalue weighted by atomic mass is 16.6. The van der Waals surface area contributed by atoms with Crippen LogP contribution < -0.4 is 5.76 Å². The van der Waals surface area contributed by atoms with Crippen LogP contribution in [0.3, 0.4) is 0 Å². The first-order chi connectivity index (χ1) is 14.7. The zero-order valence-electron chi connectivity index (χ0n) is 20.0. The highest BCUT2D eigenvalue weighted by Gasteiger charge is 2.40. The third-order valence-electron chi connectivity index (χ3n) is 3.89. The van der Waals surface area contributed by atoms with Crippen molar-refractivity contribution < 1.29 is 33.1 Å². The van der Waals surface area contributed by atoms with E-state index in [1.54, 1.807) is 60.6 Å². The van der Waals surface area contributed by atoms with Gasteiger partial charge in [0.1, 0.15) is 17.2 Å². The van der Waals surface area contributed by atoms with E-state index in [0.717, 1.165) is 7.11 Å². The number of nitrogens with zero attached hydrogens (tertiary/aromatic N) is 3. The van der Waals surface area contributed by atoms with E-state index in [-0.39, 0.29) is 13.0 Å². The lowest BCUT2D eigenvalue weighted by molar-refractivity contribution is -0.146. The van der Waals surface area contributed by atoms with E-state index in [2.05, 4.69) is 9.68 Å². The SMILES string of the molecule is COC(=O)[C@H](CCC=CCn1c(C)noc1=O)N(C(=O)OC(C)(C)C)C(=O)OC(C)(C)C. The van der Waals surface area contributed by atoms with Gasteiger partial charge in [-0.3, -0.25) is 9.09 Å². The third-order valence-corrected chi connectivity index (χ3v) is 3.89. The summed E-state index contributed by atoms with van der Waals surface area (Å²) >= 11 is 0. The van der Waals surface area contributed by atoms with Gasteiger partial charge in [-0.1, -0.05) is 17.3 Å². The van der Waals surface area contributed by atoms with Crippen LogP contribution in [0.4, 0.5) is 9.59 Å². The first-order valence-electron chi connectivity index (χ1n) is 10.2. The fraction of sp³-hybridized carbons (Fsp3) is 0.667. The fourth-order valence-corrected chi connectivity index (χ4v) is 2.53. The van der Waals surface area contributed by atoms with Gasteiger partial charge in [0.25, 0.3) is 0 Å². The molecule has 11 heteroatoms. The Morgan fingerprint density at radius 2 is 1.59 bits per heavy atom. The molecule has 1 atom stereocenters. The minimum absolute atomic E-state index is 0.0547. The van der Waals surface area contributed by atoms with Crippen LogP contribution in [0, 0.1) is 6.92 Å². The smallest absolute Gasteiger partial charge is 0.441 e. The maximum atomic E-state index is 12.8. The zero-order valence-corrected chi connectivity index (χ0v) is 20.0. The Balaban J connectivity index is 3.05. The summed E-state index contributed by atoms with van der Waals surface area (Å²) in [6.07, 6.45) is 1.71. The van der Waals surface area contributed by atoms with Crippen LogP contribution in [0.2, 0.25) is 0 Å². The van der Waals surface area contributed by atoms with Crippen LogP contribution in [0.25, 0.3) is 0 Å². The van der Waals surface area contributed by atoms with Gasteiger partial charge in [0.15, 0.2) is 5.82 Å². The number of methoxy groups -OCH3 is 1. The van der Waals surface area contributed by atoms with Crippen LogP contribution in [-0.2, 0) is 25.5 Å². The van der Waals surface area contributed by atoms with Crippen molar-refractivity contribution in [3.05, 3.63) is 28.5 Å². The van der Waals surface area contributed by atoms with Gasteiger partial charge < -0.3 is 14.2 Å². The fourth-order valence-electron chi connectivity index (χ4n) is 2.53. The lowest BCUT2D eigenvalue weighted by atomic mass is 10.1. The predicted molar refractivity (Wildman–Crippen MR) is 114 cm³/mol. The molecule has 0 aliphatic rings. The molecule has 0 N–H and O–H groups in total. The lowest BCUT2D eigenvalue weighted by Gasteiger charge is -2.32. The molecule has 0 saturated carbocycles. The Bertz CT molecular complexity index is 858. The maximum absolute atomic E-state index is 12.8. The summed E-state index contributed by atoms with van der Waals surface area (Å²) < 4.78 is 21.3. The summed E-state index contributed by atoms with van der Waals surface area (Å²) in [5, 5.41) is 3.57. The van der Waals surface area contributed by atoms with Crippen molar-refractivity contribution in [2.75, 3.05) is 7.11 Å². The summed E-state index contributed by atoms with van der Waals surface area (Å²) in [4.78, 5) is 50.2. The van der Waals surface area contributed by atoms with E-state index < -0.39 is 41.2 Å². The molecule has 0 unspecified atom stereocenters. The number of esters is 1. The molecular weight excluding hydrogens is 422 g/mol. The van der Waals surface area contributed by atoms with Gasteiger partial charge in [-0.2, -0.15) is 4.90 Å². The average molecular weight is 456 g/mol. The second kappa shape index (κ2) is 11.0. The Morgan fingerprint density at radius 1 is 1.06 bits per heavy atom. The monoisotopic (exact) mass is 455 g/mol. The topological polar surface area (TPSA) is 130 Å². The summed E-state index contributed by atoms with van der Waals surface area (Å²) in [7, 11) is 1.16. The van der Waals surface area contributed by atoms with E-state index >= 15 is 0 Å². The number of carbonyl (C=O) groups excluding carboxylic acids is 3. The molecule has 180 valence electrons. The van der Waals surface area contributed by atoms with Crippen molar-refractivity contribution in [1.29, 1.82) is 0 Å². The van der Waals surface area contributed by atoms with Crippen LogP contribution in [0.5, 0.6) is 0 Å². The van der Waals surface area contributed by atoms with Crippen molar-refractivity contribution in [1.82, 2.24) is 14.6 Å². The first kappa shape index (κ1) is 26.9. The van der Waals surface area contributed by atoms with E-state index in [1.165, 1.54) is 4.57 Å². The number of aromatic nitrogens is 2. The normalized spacial score (nSPS) is 13.0. The van der Waals surface area contributed by atoms with Gasteiger partial charge in [-0.05, 0) is 61.3 Å². The van der Waals surface area contributed by atoms with E-state index in [4.69, 9.17) is 14.2 Å². The standard InChI is InChI=1S/C21H33N3O8/c1-14-22-32-17(26)23(14)13-11-9-10-12-15(16(25)29-8)24(18(27)30-20(2,3)4)19(28)31-21(5,6)7/h9,11,15H,10,12-13H2,1-8H3/t15-/m0/s1. The minimum Gasteiger partial charge on any atom is -0.467 e. The van der Waals surface area contributed by atoms with Gasteiger partial charge in [0.2, 0.25) is 0 Å². The van der Waals surface area contributed by atoms with E-state index in [0.29, 0.717) is 17.1 Å². The van der Waals surface area contributed by atoms with Crippen LogP contribution in [-0.4, -0.2) is 57.1 Å². The number of ether oxygens (including phenoxy) is 3. The Hall–Kier alpha value is -3.11. The molecule has 0 fully saturated rings. The molecule has 0 aliphatic heterocycles. The van der Waals surface area contributed by atoms with Gasteiger partial charge in [0.05, 0.1) is 7.11 Å². The average Bonchev–Trinajstić information content (AvgIpc) is 2.94. The number of hydrogen-bond acceptors (Lipinski definition) is 9. The minimum atomic E-state index is -1.27. The summed E-state index contributed by atoms with van der Waals surface area (Å²) in [6, 6.07) is -1.27. The Labute approximate surface area is 187 Å². The molecular formula is C21H33N3O8. The molecule has 0 spiro atoms. The third kappa shape index (κ3) is 8.56. The quantitative estimate of drug-likeness (QED) is 0.345. The number of rotatable bonds is 7. The molecule has 1 rings (SSSR count). The van der Waals surface area contributed by atoms with Crippen molar-refractivity contribution in [3.63, 3.8) is 0 Å². The molecule has 0 bridgehead atoms. The van der Waals surface area contributed by atoms with E-state index in [9.17, 15) is 19.2 Å². The number of hydrogen-bond donors (Lipinski definition) is 0. The second-order valence-corrected chi connectivity index (χ2v) is 9.02. The van der Waals surface area contributed by atoms with Gasteiger partial charge >= 0.3 is 23.9 Å². The largest absolute Gasteiger partial charge is 0.467 e. The van der Waals surface area contributed by atoms with Crippen LogP contribution >= 0.6 is 0 Å². The van der Waals surface area contributed by atoms with Crippen molar-refractivity contribution in [2.45, 2.75) is 85.1 Å². The second-order valence-electron chi connectivity index (χ2n) is 9.02. The zero-order chi connectivity index (χ0) is 24.7. The molecule has 1 heterocycles. The summed E-state index contributed by atoms with van der Waals surface area (Å²) in [5.74, 6) is -0.949. The predicted octanol–water partition coefficient (Wildman–Crippen LogP) is 3.19. The lowest BCUT2D eigenvalue weighted by Crippen LogP contribution is -2.52. The molecule has 0 aromatic carbocycles. The number of carbonyl (C=O) groups is 3. The van der Waals surface area contributed by atoms with Gasteiger partial charge in [-0.15, -0.1) is 0 Å². The first-order valence-corrected chi connectivity index (χ1v) is 10.2. The van der Waals surface area contributed by atoms with Gasteiger partial charge in [0, 0.05) is 6.54 Å². The molecule has 1 aromatic rings. The number of aryl methyl sites for hydroxylation is 1. The summed E-state index contributed by atoms with van der Waals surface area (Å²) in [5.41, 5.74) is -1.80. The Kier molecular flexibility index (Phi) is 9.22. The van der Waals surface area contributed by atoms with Crippen molar-refractivity contribution >= 4 is 18.2 Å². The van der Waals surface area contributed by atoms with Crippen LogP contribution in [0.15, 0.2) is 21.5 Å².